The maximum Gasteiger partial charge on any atom is 0.352 e. The first-order valence-corrected chi connectivity index (χ1v) is 5.47. The SMILES string of the molecule is CCOC(=O)C(C#N)=C(N)N(C)c1ccccc1. The van der Waals surface area contributed by atoms with Crippen LogP contribution in [-0.4, -0.2) is 19.6 Å². The van der Waals surface area contributed by atoms with E-state index < -0.39 is 5.97 Å². The Labute approximate surface area is 106 Å². The number of hydrogen-bond acceptors (Lipinski definition) is 5. The predicted molar refractivity (Wildman–Crippen MR) is 68.3 cm³/mol. The number of nitriles is 1. The van der Waals surface area contributed by atoms with E-state index in [2.05, 4.69) is 0 Å². The van der Waals surface area contributed by atoms with E-state index in [0.29, 0.717) is 0 Å². The molecule has 0 saturated heterocycles. The molecule has 0 radical (unpaired) electrons. The fourth-order valence-electron chi connectivity index (χ4n) is 1.37. The molecule has 1 aromatic rings. The van der Waals surface area contributed by atoms with Crippen LogP contribution < -0.4 is 10.6 Å². The highest BCUT2D eigenvalue weighted by Gasteiger charge is 2.18. The molecule has 1 rings (SSSR count). The molecular weight excluding hydrogens is 230 g/mol. The summed E-state index contributed by atoms with van der Waals surface area (Å²) in [6.45, 7) is 1.87. The van der Waals surface area contributed by atoms with E-state index in [1.165, 1.54) is 0 Å². The number of carbonyl (C=O) groups is 1. The van der Waals surface area contributed by atoms with E-state index in [-0.39, 0.29) is 18.0 Å². The molecule has 94 valence electrons. The lowest BCUT2D eigenvalue weighted by Crippen LogP contribution is -2.27. The lowest BCUT2D eigenvalue weighted by Gasteiger charge is -2.20. The first-order valence-electron chi connectivity index (χ1n) is 5.47. The molecule has 0 aliphatic heterocycles. The zero-order valence-electron chi connectivity index (χ0n) is 10.4. The van der Waals surface area contributed by atoms with Gasteiger partial charge in [-0.15, -0.1) is 0 Å². The number of para-hydroxylation sites is 1. The minimum atomic E-state index is -0.708. The maximum atomic E-state index is 11.5. The van der Waals surface area contributed by atoms with Crippen LogP contribution in [0, 0.1) is 11.3 Å². The Hall–Kier alpha value is -2.48. The van der Waals surface area contributed by atoms with Crippen molar-refractivity contribution in [3.63, 3.8) is 0 Å². The number of benzene rings is 1. The van der Waals surface area contributed by atoms with Crippen molar-refractivity contribution in [2.24, 2.45) is 5.73 Å². The quantitative estimate of drug-likeness (QED) is 0.492. The van der Waals surface area contributed by atoms with Crippen LogP contribution in [-0.2, 0) is 9.53 Å². The summed E-state index contributed by atoms with van der Waals surface area (Å²) in [5.41, 5.74) is 6.41. The van der Waals surface area contributed by atoms with Crippen LogP contribution in [0.15, 0.2) is 41.7 Å². The van der Waals surface area contributed by atoms with Crippen molar-refractivity contribution in [2.75, 3.05) is 18.6 Å². The predicted octanol–water partition coefficient (Wildman–Crippen LogP) is 1.38. The Balaban J connectivity index is 3.06. The lowest BCUT2D eigenvalue weighted by molar-refractivity contribution is -0.138. The molecule has 0 saturated carbocycles. The fraction of sp³-hybridized carbons (Fsp3) is 0.231. The number of rotatable bonds is 4. The molecule has 0 aliphatic carbocycles. The number of ether oxygens (including phenoxy) is 1. The third-order valence-corrected chi connectivity index (χ3v) is 2.35. The van der Waals surface area contributed by atoms with Gasteiger partial charge in [-0.05, 0) is 19.1 Å². The van der Waals surface area contributed by atoms with Crippen LogP contribution in [0.2, 0.25) is 0 Å². The average Bonchev–Trinajstić information content (AvgIpc) is 2.40. The standard InChI is InChI=1S/C13H15N3O2/c1-3-18-13(17)11(9-14)12(15)16(2)10-7-5-4-6-8-10/h4-8H,3,15H2,1-2H3. The summed E-state index contributed by atoms with van der Waals surface area (Å²) in [6, 6.07) is 11.0. The van der Waals surface area contributed by atoms with Crippen molar-refractivity contribution in [1.82, 2.24) is 0 Å². The molecule has 5 nitrogen and oxygen atoms in total. The highest BCUT2D eigenvalue weighted by atomic mass is 16.5. The summed E-state index contributed by atoms with van der Waals surface area (Å²) >= 11 is 0. The Bertz CT molecular complexity index is 489. The summed E-state index contributed by atoms with van der Waals surface area (Å²) in [5, 5.41) is 8.97. The molecule has 0 heterocycles. The first-order chi connectivity index (χ1) is 8.61. The Kier molecular flexibility index (Phi) is 4.76. The van der Waals surface area contributed by atoms with Gasteiger partial charge in [0.25, 0.3) is 0 Å². The fourth-order valence-corrected chi connectivity index (χ4v) is 1.37. The first kappa shape index (κ1) is 13.6. The van der Waals surface area contributed by atoms with Crippen molar-refractivity contribution in [2.45, 2.75) is 6.92 Å². The van der Waals surface area contributed by atoms with Crippen molar-refractivity contribution in [3.8, 4) is 6.07 Å². The Morgan fingerprint density at radius 3 is 2.56 bits per heavy atom. The van der Waals surface area contributed by atoms with Crippen LogP contribution in [0.1, 0.15) is 6.92 Å². The molecular formula is C13H15N3O2. The van der Waals surface area contributed by atoms with Gasteiger partial charge in [0.2, 0.25) is 0 Å². The molecule has 0 aliphatic rings. The highest BCUT2D eigenvalue weighted by Crippen LogP contribution is 2.16. The van der Waals surface area contributed by atoms with E-state index in [4.69, 9.17) is 15.7 Å². The van der Waals surface area contributed by atoms with Crippen molar-refractivity contribution in [3.05, 3.63) is 41.7 Å². The molecule has 0 amide bonds. The number of carbonyl (C=O) groups excluding carboxylic acids is 1. The van der Waals surface area contributed by atoms with Gasteiger partial charge in [-0.3, -0.25) is 0 Å². The maximum absolute atomic E-state index is 11.5. The van der Waals surface area contributed by atoms with E-state index in [1.54, 1.807) is 24.9 Å². The normalized spacial score (nSPS) is 11.2. The summed E-state index contributed by atoms with van der Waals surface area (Å²) in [7, 11) is 1.68. The number of nitrogens with two attached hydrogens (primary N) is 1. The van der Waals surface area contributed by atoms with Gasteiger partial charge in [-0.25, -0.2) is 4.79 Å². The molecule has 18 heavy (non-hydrogen) atoms. The van der Waals surface area contributed by atoms with Gasteiger partial charge in [-0.1, -0.05) is 18.2 Å². The average molecular weight is 245 g/mol. The molecule has 5 heteroatoms. The number of esters is 1. The molecule has 0 bridgehead atoms. The third kappa shape index (κ3) is 3.01. The van der Waals surface area contributed by atoms with Gasteiger partial charge in [-0.2, -0.15) is 5.26 Å². The van der Waals surface area contributed by atoms with Gasteiger partial charge in [0, 0.05) is 12.7 Å². The summed E-state index contributed by atoms with van der Waals surface area (Å²) in [5.74, 6) is -0.637. The molecule has 2 N–H and O–H groups in total. The zero-order valence-corrected chi connectivity index (χ0v) is 10.4. The van der Waals surface area contributed by atoms with E-state index in [9.17, 15) is 4.79 Å². The molecule has 0 atom stereocenters. The van der Waals surface area contributed by atoms with E-state index >= 15 is 0 Å². The zero-order chi connectivity index (χ0) is 13.5. The van der Waals surface area contributed by atoms with Crippen LogP contribution >= 0.6 is 0 Å². The van der Waals surface area contributed by atoms with Crippen LogP contribution in [0.5, 0.6) is 0 Å². The summed E-state index contributed by atoms with van der Waals surface area (Å²) in [6.07, 6.45) is 0. The number of nitrogens with zero attached hydrogens (tertiary/aromatic N) is 2. The minimum absolute atomic E-state index is 0.0714. The van der Waals surface area contributed by atoms with Crippen LogP contribution in [0.3, 0.4) is 0 Å². The largest absolute Gasteiger partial charge is 0.462 e. The van der Waals surface area contributed by atoms with Crippen molar-refractivity contribution >= 4 is 11.7 Å². The molecule has 1 aromatic carbocycles. The van der Waals surface area contributed by atoms with Gasteiger partial charge in [0.1, 0.15) is 11.9 Å². The Morgan fingerprint density at radius 2 is 2.06 bits per heavy atom. The number of anilines is 1. The monoisotopic (exact) mass is 245 g/mol. The third-order valence-electron chi connectivity index (χ3n) is 2.35. The van der Waals surface area contributed by atoms with Crippen LogP contribution in [0.25, 0.3) is 0 Å². The topological polar surface area (TPSA) is 79.3 Å². The molecule has 0 fully saturated rings. The van der Waals surface area contributed by atoms with Gasteiger partial charge >= 0.3 is 5.97 Å². The van der Waals surface area contributed by atoms with Gasteiger partial charge < -0.3 is 15.4 Å². The Morgan fingerprint density at radius 1 is 1.44 bits per heavy atom. The second kappa shape index (κ2) is 6.30. The van der Waals surface area contributed by atoms with Crippen molar-refractivity contribution in [1.29, 1.82) is 5.26 Å². The molecule has 0 unspecified atom stereocenters. The number of hydrogen-bond donors (Lipinski definition) is 1. The van der Waals surface area contributed by atoms with Crippen molar-refractivity contribution < 1.29 is 9.53 Å². The van der Waals surface area contributed by atoms with E-state index in [1.807, 2.05) is 30.3 Å². The second-order valence-electron chi connectivity index (χ2n) is 3.49. The van der Waals surface area contributed by atoms with Crippen LogP contribution in [0.4, 0.5) is 5.69 Å². The highest BCUT2D eigenvalue weighted by molar-refractivity contribution is 5.94. The molecule has 0 aromatic heterocycles. The smallest absolute Gasteiger partial charge is 0.352 e. The summed E-state index contributed by atoms with van der Waals surface area (Å²) in [4.78, 5) is 13.1. The molecule has 0 spiro atoms. The van der Waals surface area contributed by atoms with E-state index in [0.717, 1.165) is 5.69 Å². The minimum Gasteiger partial charge on any atom is -0.462 e. The second-order valence-corrected chi connectivity index (χ2v) is 3.49. The van der Waals surface area contributed by atoms with Gasteiger partial charge in [0.15, 0.2) is 5.57 Å². The lowest BCUT2D eigenvalue weighted by atomic mass is 10.2. The summed E-state index contributed by atoms with van der Waals surface area (Å²) < 4.78 is 4.78. The van der Waals surface area contributed by atoms with Gasteiger partial charge in [0.05, 0.1) is 6.61 Å².